The Balaban J connectivity index is 2.21. The van der Waals surface area contributed by atoms with Crippen molar-refractivity contribution in [3.05, 3.63) is 0 Å². The maximum Gasteiger partial charge on any atom is 0.338 e. The Bertz CT molecular complexity index is 120. The first kappa shape index (κ1) is 3.43. The van der Waals surface area contributed by atoms with E-state index in [1.165, 1.54) is 0 Å². The molecule has 2 aliphatic heterocycles. The number of hydrogen-bond donors (Lipinski definition) is 0. The largest absolute Gasteiger partial charge is 0.461 e. The standard InChI is InChI=1S/C4H4O3/c5-4-3-2(7-3)1-6-4/h2-3H,1H2/t2-,3+/m0/s1. The number of carbonyl (C=O) groups is 1. The summed E-state index contributed by atoms with van der Waals surface area (Å²) >= 11 is 0. The van der Waals surface area contributed by atoms with Gasteiger partial charge in [0.25, 0.3) is 0 Å². The number of hydrogen-bond acceptors (Lipinski definition) is 3. The lowest BCUT2D eigenvalue weighted by molar-refractivity contribution is -0.143. The lowest BCUT2D eigenvalue weighted by atomic mass is 10.4. The summed E-state index contributed by atoms with van der Waals surface area (Å²) in [5.74, 6) is -0.190. The van der Waals surface area contributed by atoms with Crippen molar-refractivity contribution < 1.29 is 14.3 Å². The zero-order valence-electron chi connectivity index (χ0n) is 3.59. The fraction of sp³-hybridized carbons (Fsp3) is 0.750. The second-order valence-corrected chi connectivity index (χ2v) is 1.73. The first-order chi connectivity index (χ1) is 3.38. The maximum absolute atomic E-state index is 10.3. The summed E-state index contributed by atoms with van der Waals surface area (Å²) in [6.07, 6.45) is -0.0625. The Morgan fingerprint density at radius 2 is 2.57 bits per heavy atom. The predicted octanol–water partition coefficient (Wildman–Crippen LogP) is -0.689. The number of ether oxygens (including phenoxy) is 2. The molecule has 0 aromatic carbocycles. The number of epoxide rings is 1. The van der Waals surface area contributed by atoms with Gasteiger partial charge in [-0.15, -0.1) is 0 Å². The van der Waals surface area contributed by atoms with Crippen LogP contribution < -0.4 is 0 Å². The van der Waals surface area contributed by atoms with E-state index >= 15 is 0 Å². The van der Waals surface area contributed by atoms with Crippen LogP contribution in [0.1, 0.15) is 0 Å². The van der Waals surface area contributed by atoms with Crippen LogP contribution in [0.15, 0.2) is 0 Å². The average Bonchev–Trinajstić information content (AvgIpc) is 2.33. The third-order valence-electron chi connectivity index (χ3n) is 1.20. The summed E-state index contributed by atoms with van der Waals surface area (Å²) in [4.78, 5) is 10.3. The van der Waals surface area contributed by atoms with Crippen LogP contribution in [0.5, 0.6) is 0 Å². The van der Waals surface area contributed by atoms with E-state index < -0.39 is 0 Å². The molecule has 0 saturated carbocycles. The van der Waals surface area contributed by atoms with Crippen molar-refractivity contribution >= 4 is 5.97 Å². The van der Waals surface area contributed by atoms with Gasteiger partial charge in [-0.3, -0.25) is 0 Å². The monoisotopic (exact) mass is 100 g/mol. The van der Waals surface area contributed by atoms with Crippen LogP contribution in [-0.2, 0) is 14.3 Å². The third-order valence-corrected chi connectivity index (χ3v) is 1.20. The van der Waals surface area contributed by atoms with Gasteiger partial charge in [-0.25, -0.2) is 4.79 Å². The van der Waals surface area contributed by atoms with Crippen LogP contribution in [0.4, 0.5) is 0 Å². The van der Waals surface area contributed by atoms with Crippen molar-refractivity contribution in [1.29, 1.82) is 0 Å². The van der Waals surface area contributed by atoms with Gasteiger partial charge in [0.15, 0.2) is 6.10 Å². The van der Waals surface area contributed by atoms with Crippen LogP contribution in [0.25, 0.3) is 0 Å². The highest BCUT2D eigenvalue weighted by Crippen LogP contribution is 2.29. The molecule has 0 N–H and O–H groups in total. The molecule has 2 aliphatic rings. The fourth-order valence-electron chi connectivity index (χ4n) is 0.723. The Morgan fingerprint density at radius 1 is 1.71 bits per heavy atom. The fourth-order valence-corrected chi connectivity index (χ4v) is 0.723. The van der Waals surface area contributed by atoms with Gasteiger partial charge in [-0.2, -0.15) is 0 Å². The summed E-state index contributed by atoms with van der Waals surface area (Å²) < 4.78 is 9.34. The van der Waals surface area contributed by atoms with Crippen molar-refractivity contribution in [2.75, 3.05) is 6.61 Å². The second-order valence-electron chi connectivity index (χ2n) is 1.73. The number of cyclic esters (lactones) is 1. The predicted molar refractivity (Wildman–Crippen MR) is 19.6 cm³/mol. The molecule has 0 amide bonds. The Hall–Kier alpha value is -0.570. The SMILES string of the molecule is O=C1OC[C@@H]2O[C@@H]12. The topological polar surface area (TPSA) is 38.8 Å². The van der Waals surface area contributed by atoms with E-state index in [0.29, 0.717) is 6.61 Å². The summed E-state index contributed by atoms with van der Waals surface area (Å²) in [6.45, 7) is 0.476. The van der Waals surface area contributed by atoms with Gasteiger partial charge < -0.3 is 9.47 Å². The third kappa shape index (κ3) is 0.307. The summed E-state index contributed by atoms with van der Waals surface area (Å²) in [5, 5.41) is 0. The van der Waals surface area contributed by atoms with E-state index in [2.05, 4.69) is 4.74 Å². The summed E-state index contributed by atoms with van der Waals surface area (Å²) in [7, 11) is 0. The maximum atomic E-state index is 10.3. The van der Waals surface area contributed by atoms with E-state index in [9.17, 15) is 4.79 Å². The Kier molecular flexibility index (Phi) is 0.400. The molecule has 0 aliphatic carbocycles. The quantitative estimate of drug-likeness (QED) is 0.299. The van der Waals surface area contributed by atoms with Crippen LogP contribution in [-0.4, -0.2) is 24.8 Å². The van der Waals surface area contributed by atoms with Crippen LogP contribution in [0, 0.1) is 0 Å². The minimum Gasteiger partial charge on any atom is -0.461 e. The van der Waals surface area contributed by atoms with E-state index in [4.69, 9.17) is 4.74 Å². The summed E-state index contributed by atoms with van der Waals surface area (Å²) in [6, 6.07) is 0. The van der Waals surface area contributed by atoms with E-state index in [1.54, 1.807) is 0 Å². The highest BCUT2D eigenvalue weighted by atomic mass is 16.7. The average molecular weight is 100 g/mol. The Labute approximate surface area is 40.2 Å². The van der Waals surface area contributed by atoms with Crippen molar-refractivity contribution in [2.45, 2.75) is 12.2 Å². The molecule has 2 rings (SSSR count). The molecule has 0 spiro atoms. The summed E-state index contributed by atoms with van der Waals surface area (Å²) in [5.41, 5.74) is 0. The highest BCUT2D eigenvalue weighted by molar-refractivity contribution is 5.80. The molecule has 2 fully saturated rings. The molecule has 3 nitrogen and oxygen atoms in total. The second kappa shape index (κ2) is 0.816. The zero-order valence-corrected chi connectivity index (χ0v) is 3.59. The van der Waals surface area contributed by atoms with Gasteiger partial charge in [-0.1, -0.05) is 0 Å². The van der Waals surface area contributed by atoms with Crippen molar-refractivity contribution in [3.63, 3.8) is 0 Å². The first-order valence-corrected chi connectivity index (χ1v) is 2.20. The molecule has 0 aromatic rings. The Morgan fingerprint density at radius 3 is 2.71 bits per heavy atom. The van der Waals surface area contributed by atoms with Crippen molar-refractivity contribution in [1.82, 2.24) is 0 Å². The molecule has 2 saturated heterocycles. The highest BCUT2D eigenvalue weighted by Gasteiger charge is 2.52. The van der Waals surface area contributed by atoms with E-state index in [0.717, 1.165) is 0 Å². The van der Waals surface area contributed by atoms with Crippen LogP contribution in [0.3, 0.4) is 0 Å². The number of fused-ring (bicyclic) bond motifs is 1. The van der Waals surface area contributed by atoms with Gasteiger partial charge in [0, 0.05) is 0 Å². The first-order valence-electron chi connectivity index (χ1n) is 2.20. The lowest BCUT2D eigenvalue weighted by Gasteiger charge is -1.89. The van der Waals surface area contributed by atoms with Gasteiger partial charge in [-0.05, 0) is 0 Å². The number of carbonyl (C=O) groups excluding carboxylic acids is 1. The van der Waals surface area contributed by atoms with Gasteiger partial charge in [0.1, 0.15) is 12.7 Å². The van der Waals surface area contributed by atoms with Crippen molar-refractivity contribution in [2.24, 2.45) is 0 Å². The molecule has 2 atom stereocenters. The number of rotatable bonds is 0. The molecular formula is C4H4O3. The molecular weight excluding hydrogens is 96.0 g/mol. The normalized spacial score (nSPS) is 45.4. The molecule has 0 bridgehead atoms. The minimum atomic E-state index is -0.190. The molecule has 2 heterocycles. The van der Waals surface area contributed by atoms with E-state index in [-0.39, 0.29) is 18.2 Å². The van der Waals surface area contributed by atoms with Gasteiger partial charge in [0.05, 0.1) is 0 Å². The number of esters is 1. The molecule has 0 radical (unpaired) electrons. The minimum absolute atomic E-state index is 0.118. The molecule has 7 heavy (non-hydrogen) atoms. The van der Waals surface area contributed by atoms with E-state index in [1.807, 2.05) is 0 Å². The van der Waals surface area contributed by atoms with Crippen molar-refractivity contribution in [3.8, 4) is 0 Å². The van der Waals surface area contributed by atoms with Crippen LogP contribution >= 0.6 is 0 Å². The van der Waals surface area contributed by atoms with Gasteiger partial charge >= 0.3 is 5.97 Å². The molecule has 0 unspecified atom stereocenters. The molecule has 38 valence electrons. The smallest absolute Gasteiger partial charge is 0.338 e. The molecule has 0 aromatic heterocycles. The van der Waals surface area contributed by atoms with Crippen LogP contribution in [0.2, 0.25) is 0 Å². The molecule has 3 heteroatoms. The zero-order chi connectivity index (χ0) is 4.85. The van der Waals surface area contributed by atoms with Gasteiger partial charge in [0.2, 0.25) is 0 Å². The lowest BCUT2D eigenvalue weighted by Crippen LogP contribution is -2.02.